The van der Waals surface area contributed by atoms with E-state index in [0.29, 0.717) is 11.3 Å². The molecule has 5 heteroatoms. The first kappa shape index (κ1) is 18.5. The Morgan fingerprint density at radius 1 is 0.929 bits per heavy atom. The molecule has 28 heavy (non-hydrogen) atoms. The normalized spacial score (nSPS) is 15.8. The molecule has 1 N–H and O–H groups in total. The Bertz CT molecular complexity index is 872. The molecule has 5 nitrogen and oxygen atoms in total. The minimum Gasteiger partial charge on any atom is -0.484 e. The number of amides is 2. The minimum absolute atomic E-state index is 0.0241. The molecule has 146 valence electrons. The summed E-state index contributed by atoms with van der Waals surface area (Å²) in [5.74, 6) is 0.431. The summed E-state index contributed by atoms with van der Waals surface area (Å²) >= 11 is 0. The van der Waals surface area contributed by atoms with Crippen LogP contribution >= 0.6 is 0 Å². The Kier molecular flexibility index (Phi) is 5.60. The van der Waals surface area contributed by atoms with Gasteiger partial charge in [0.15, 0.2) is 6.61 Å². The van der Waals surface area contributed by atoms with Gasteiger partial charge in [0.25, 0.3) is 11.8 Å². The summed E-state index contributed by atoms with van der Waals surface area (Å²) in [7, 11) is 0. The van der Waals surface area contributed by atoms with Crippen LogP contribution in [0.3, 0.4) is 0 Å². The maximum absolute atomic E-state index is 12.7. The fourth-order valence-corrected chi connectivity index (χ4v) is 4.00. The molecule has 0 radical (unpaired) electrons. The summed E-state index contributed by atoms with van der Waals surface area (Å²) < 4.78 is 5.70. The summed E-state index contributed by atoms with van der Waals surface area (Å²) in [4.78, 5) is 27.0. The molecule has 2 aliphatic rings. The van der Waals surface area contributed by atoms with Gasteiger partial charge in [-0.3, -0.25) is 9.59 Å². The van der Waals surface area contributed by atoms with Crippen molar-refractivity contribution in [1.82, 2.24) is 4.90 Å². The number of nitrogens with one attached hydrogen (secondary N) is 1. The second-order valence-corrected chi connectivity index (χ2v) is 7.52. The van der Waals surface area contributed by atoms with Gasteiger partial charge in [0.1, 0.15) is 5.75 Å². The lowest BCUT2D eigenvalue weighted by Gasteiger charge is -2.18. The number of carbonyl (C=O) groups excluding carboxylic acids is 2. The number of hydrogen-bond acceptors (Lipinski definition) is 3. The lowest BCUT2D eigenvalue weighted by atomic mass is 9.92. The maximum Gasteiger partial charge on any atom is 0.262 e. The highest BCUT2D eigenvalue weighted by Gasteiger charge is 2.22. The van der Waals surface area contributed by atoms with Crippen LogP contribution in [0, 0.1) is 0 Å². The Balaban J connectivity index is 1.38. The molecule has 0 unspecified atom stereocenters. The largest absolute Gasteiger partial charge is 0.484 e. The van der Waals surface area contributed by atoms with E-state index in [4.69, 9.17) is 4.74 Å². The van der Waals surface area contributed by atoms with Gasteiger partial charge in [-0.25, -0.2) is 0 Å². The predicted molar refractivity (Wildman–Crippen MR) is 109 cm³/mol. The quantitative estimate of drug-likeness (QED) is 0.860. The van der Waals surface area contributed by atoms with Crippen LogP contribution in [0.15, 0.2) is 42.5 Å². The second-order valence-electron chi connectivity index (χ2n) is 7.52. The van der Waals surface area contributed by atoms with E-state index in [1.54, 1.807) is 12.1 Å². The van der Waals surface area contributed by atoms with Gasteiger partial charge in [-0.1, -0.05) is 18.2 Å². The number of fused-ring (bicyclic) bond motifs is 1. The van der Waals surface area contributed by atoms with E-state index in [1.807, 2.05) is 29.2 Å². The Hall–Kier alpha value is -2.82. The van der Waals surface area contributed by atoms with Crippen molar-refractivity contribution in [1.29, 1.82) is 0 Å². The molecule has 1 aliphatic carbocycles. The summed E-state index contributed by atoms with van der Waals surface area (Å²) in [6.45, 7) is 1.48. The molecule has 4 rings (SSSR count). The van der Waals surface area contributed by atoms with Gasteiger partial charge < -0.3 is 15.0 Å². The summed E-state index contributed by atoms with van der Waals surface area (Å²) in [6.07, 6.45) is 6.72. The van der Waals surface area contributed by atoms with Gasteiger partial charge in [-0.2, -0.15) is 0 Å². The molecular formula is C23H26N2O3. The molecule has 0 bridgehead atoms. The Morgan fingerprint density at radius 3 is 2.50 bits per heavy atom. The molecule has 0 saturated carbocycles. The third-order valence-electron chi connectivity index (χ3n) is 5.51. The van der Waals surface area contributed by atoms with E-state index < -0.39 is 0 Å². The fourth-order valence-electron chi connectivity index (χ4n) is 4.00. The molecule has 1 saturated heterocycles. The molecule has 1 aliphatic heterocycles. The topological polar surface area (TPSA) is 58.6 Å². The summed E-state index contributed by atoms with van der Waals surface area (Å²) in [6, 6.07) is 13.3. The zero-order valence-electron chi connectivity index (χ0n) is 16.1. The number of hydrogen-bond donors (Lipinski definition) is 1. The van der Waals surface area contributed by atoms with Crippen molar-refractivity contribution in [2.75, 3.05) is 25.0 Å². The number of aryl methyl sites for hydroxylation is 2. The van der Waals surface area contributed by atoms with Gasteiger partial charge >= 0.3 is 0 Å². The molecule has 1 heterocycles. The minimum atomic E-state index is -0.264. The second kappa shape index (κ2) is 8.46. The Labute approximate surface area is 165 Å². The highest BCUT2D eigenvalue weighted by molar-refractivity contribution is 6.04. The van der Waals surface area contributed by atoms with Crippen LogP contribution in [0.1, 0.15) is 47.2 Å². The lowest BCUT2D eigenvalue weighted by Crippen LogP contribution is -2.29. The van der Waals surface area contributed by atoms with E-state index in [9.17, 15) is 9.59 Å². The number of likely N-dealkylation sites (tertiary alicyclic amines) is 1. The van der Waals surface area contributed by atoms with Crippen molar-refractivity contribution in [2.45, 2.75) is 38.5 Å². The van der Waals surface area contributed by atoms with E-state index in [0.717, 1.165) is 44.5 Å². The fraction of sp³-hybridized carbons (Fsp3) is 0.391. The van der Waals surface area contributed by atoms with Crippen molar-refractivity contribution >= 4 is 17.5 Å². The molecule has 2 aromatic rings. The Morgan fingerprint density at radius 2 is 1.68 bits per heavy atom. The van der Waals surface area contributed by atoms with Gasteiger partial charge in [0, 0.05) is 13.1 Å². The van der Waals surface area contributed by atoms with Gasteiger partial charge in [0.2, 0.25) is 0 Å². The van der Waals surface area contributed by atoms with Gasteiger partial charge in [-0.05, 0) is 73.9 Å². The maximum atomic E-state index is 12.7. The third kappa shape index (κ3) is 4.19. The first-order chi connectivity index (χ1) is 13.7. The number of para-hydroxylation sites is 1. The van der Waals surface area contributed by atoms with Crippen LogP contribution in [-0.2, 0) is 17.6 Å². The van der Waals surface area contributed by atoms with E-state index >= 15 is 0 Å². The number of rotatable bonds is 5. The van der Waals surface area contributed by atoms with Crippen LogP contribution in [0.2, 0.25) is 0 Å². The predicted octanol–water partition coefficient (Wildman–Crippen LogP) is 3.82. The molecule has 0 atom stereocenters. The van der Waals surface area contributed by atoms with Crippen molar-refractivity contribution in [2.24, 2.45) is 0 Å². The average molecular weight is 378 g/mol. The van der Waals surface area contributed by atoms with Crippen LogP contribution in [-0.4, -0.2) is 36.4 Å². The SMILES string of the molecule is O=C(COc1ccc2c(c1)CCCC2)Nc1ccccc1C(=O)N1CCCC1. The number of ether oxygens (including phenoxy) is 1. The highest BCUT2D eigenvalue weighted by Crippen LogP contribution is 2.25. The van der Waals surface area contributed by atoms with Crippen molar-refractivity contribution in [3.8, 4) is 5.75 Å². The number of carbonyl (C=O) groups is 2. The first-order valence-corrected chi connectivity index (χ1v) is 10.1. The summed E-state index contributed by atoms with van der Waals surface area (Å²) in [5.41, 5.74) is 3.79. The number of benzene rings is 2. The first-order valence-electron chi connectivity index (χ1n) is 10.1. The molecule has 2 amide bonds. The molecule has 0 aromatic heterocycles. The van der Waals surface area contributed by atoms with E-state index in [1.165, 1.54) is 24.0 Å². The summed E-state index contributed by atoms with van der Waals surface area (Å²) in [5, 5.41) is 2.84. The van der Waals surface area contributed by atoms with Crippen LogP contribution in [0.4, 0.5) is 5.69 Å². The van der Waals surface area contributed by atoms with Crippen molar-refractivity contribution < 1.29 is 14.3 Å². The van der Waals surface area contributed by atoms with Gasteiger partial charge in [-0.15, -0.1) is 0 Å². The third-order valence-corrected chi connectivity index (χ3v) is 5.51. The van der Waals surface area contributed by atoms with E-state index in [2.05, 4.69) is 11.4 Å². The van der Waals surface area contributed by atoms with Crippen LogP contribution in [0.5, 0.6) is 5.75 Å². The molecule has 2 aromatic carbocycles. The number of anilines is 1. The monoisotopic (exact) mass is 378 g/mol. The van der Waals surface area contributed by atoms with Crippen LogP contribution < -0.4 is 10.1 Å². The highest BCUT2D eigenvalue weighted by atomic mass is 16.5. The lowest BCUT2D eigenvalue weighted by molar-refractivity contribution is -0.118. The van der Waals surface area contributed by atoms with E-state index in [-0.39, 0.29) is 18.4 Å². The average Bonchev–Trinajstić information content (AvgIpc) is 3.27. The van der Waals surface area contributed by atoms with Crippen molar-refractivity contribution in [3.05, 3.63) is 59.2 Å². The zero-order valence-corrected chi connectivity index (χ0v) is 16.1. The smallest absolute Gasteiger partial charge is 0.262 e. The van der Waals surface area contributed by atoms with Crippen molar-refractivity contribution in [3.63, 3.8) is 0 Å². The van der Waals surface area contributed by atoms with Gasteiger partial charge in [0.05, 0.1) is 11.3 Å². The zero-order chi connectivity index (χ0) is 19.3. The van der Waals surface area contributed by atoms with Crippen LogP contribution in [0.25, 0.3) is 0 Å². The standard InChI is InChI=1S/C23H26N2O3/c26-22(16-28-19-12-11-17-7-1-2-8-18(17)15-19)24-21-10-4-3-9-20(21)23(27)25-13-5-6-14-25/h3-4,9-12,15H,1-2,5-8,13-14,16H2,(H,24,26). The molecule has 0 spiro atoms. The molecular weight excluding hydrogens is 352 g/mol. The number of nitrogens with zero attached hydrogens (tertiary/aromatic N) is 1. The molecule has 1 fully saturated rings.